The fourth-order valence-corrected chi connectivity index (χ4v) is 2.26. The summed E-state index contributed by atoms with van der Waals surface area (Å²) < 4.78 is 5.64. The SMILES string of the molecule is C1=CSC(COCc2ccccc2)C1. The van der Waals surface area contributed by atoms with Gasteiger partial charge in [0.05, 0.1) is 13.2 Å². The lowest BCUT2D eigenvalue weighted by atomic mass is 10.2. The topological polar surface area (TPSA) is 9.23 Å². The molecule has 1 nitrogen and oxygen atoms in total. The van der Waals surface area contributed by atoms with E-state index in [2.05, 4.69) is 23.6 Å². The van der Waals surface area contributed by atoms with Crippen LogP contribution in [-0.2, 0) is 11.3 Å². The molecular weight excluding hydrogens is 192 g/mol. The Kier molecular flexibility index (Phi) is 3.66. The van der Waals surface area contributed by atoms with Crippen LogP contribution in [0.1, 0.15) is 12.0 Å². The van der Waals surface area contributed by atoms with Crippen molar-refractivity contribution in [3.63, 3.8) is 0 Å². The molecule has 0 aromatic heterocycles. The summed E-state index contributed by atoms with van der Waals surface area (Å²) in [5.41, 5.74) is 1.25. The highest BCUT2D eigenvalue weighted by atomic mass is 32.2. The van der Waals surface area contributed by atoms with Crippen LogP contribution < -0.4 is 0 Å². The van der Waals surface area contributed by atoms with Crippen molar-refractivity contribution >= 4 is 11.8 Å². The van der Waals surface area contributed by atoms with Gasteiger partial charge in [0.25, 0.3) is 0 Å². The average molecular weight is 206 g/mol. The number of rotatable bonds is 4. The third kappa shape index (κ3) is 2.89. The monoisotopic (exact) mass is 206 g/mol. The van der Waals surface area contributed by atoms with E-state index >= 15 is 0 Å². The van der Waals surface area contributed by atoms with Crippen molar-refractivity contribution in [1.29, 1.82) is 0 Å². The van der Waals surface area contributed by atoms with E-state index in [1.165, 1.54) is 5.56 Å². The summed E-state index contributed by atoms with van der Waals surface area (Å²) in [4.78, 5) is 0. The first kappa shape index (κ1) is 9.81. The average Bonchev–Trinajstić information content (AvgIpc) is 2.72. The van der Waals surface area contributed by atoms with Crippen molar-refractivity contribution < 1.29 is 4.74 Å². The van der Waals surface area contributed by atoms with E-state index in [1.807, 2.05) is 30.0 Å². The van der Waals surface area contributed by atoms with Crippen LogP contribution in [0.2, 0.25) is 0 Å². The number of hydrogen-bond acceptors (Lipinski definition) is 2. The molecule has 1 atom stereocenters. The number of hydrogen-bond donors (Lipinski definition) is 0. The highest BCUT2D eigenvalue weighted by Crippen LogP contribution is 2.24. The number of ether oxygens (including phenoxy) is 1. The van der Waals surface area contributed by atoms with Gasteiger partial charge in [-0.1, -0.05) is 36.4 Å². The second kappa shape index (κ2) is 5.23. The van der Waals surface area contributed by atoms with E-state index in [1.54, 1.807) is 0 Å². The van der Waals surface area contributed by atoms with E-state index in [0.29, 0.717) is 5.25 Å². The van der Waals surface area contributed by atoms with Crippen LogP contribution in [0.25, 0.3) is 0 Å². The van der Waals surface area contributed by atoms with Crippen molar-refractivity contribution in [3.8, 4) is 0 Å². The molecule has 1 aromatic carbocycles. The van der Waals surface area contributed by atoms with E-state index in [-0.39, 0.29) is 0 Å². The number of thioether (sulfide) groups is 1. The Balaban J connectivity index is 1.68. The third-order valence-electron chi connectivity index (χ3n) is 2.18. The van der Waals surface area contributed by atoms with Gasteiger partial charge < -0.3 is 4.74 Å². The van der Waals surface area contributed by atoms with Gasteiger partial charge in [-0.25, -0.2) is 0 Å². The molecule has 0 amide bonds. The minimum atomic E-state index is 0.638. The molecule has 2 heteroatoms. The highest BCUT2D eigenvalue weighted by molar-refractivity contribution is 8.03. The maximum Gasteiger partial charge on any atom is 0.0717 e. The summed E-state index contributed by atoms with van der Waals surface area (Å²) in [7, 11) is 0. The van der Waals surface area contributed by atoms with Crippen molar-refractivity contribution in [2.45, 2.75) is 18.3 Å². The quantitative estimate of drug-likeness (QED) is 0.748. The number of allylic oxidation sites excluding steroid dienone is 1. The van der Waals surface area contributed by atoms with Crippen LogP contribution in [0, 0.1) is 0 Å². The van der Waals surface area contributed by atoms with Crippen LogP contribution in [0.15, 0.2) is 41.8 Å². The Morgan fingerprint density at radius 2 is 2.14 bits per heavy atom. The molecule has 0 fully saturated rings. The van der Waals surface area contributed by atoms with E-state index in [9.17, 15) is 0 Å². The molecule has 0 aliphatic carbocycles. The lowest BCUT2D eigenvalue weighted by molar-refractivity contribution is 0.123. The summed E-state index contributed by atoms with van der Waals surface area (Å²) in [6.07, 6.45) is 3.36. The largest absolute Gasteiger partial charge is 0.376 e. The minimum absolute atomic E-state index is 0.638. The van der Waals surface area contributed by atoms with Gasteiger partial charge in [0.2, 0.25) is 0 Å². The molecule has 0 radical (unpaired) electrons. The zero-order valence-corrected chi connectivity index (χ0v) is 8.87. The molecule has 1 aliphatic rings. The molecule has 1 aromatic rings. The Labute approximate surface area is 89.2 Å². The Bertz CT molecular complexity index is 286. The van der Waals surface area contributed by atoms with Gasteiger partial charge in [0, 0.05) is 5.25 Å². The lowest BCUT2D eigenvalue weighted by Gasteiger charge is -2.09. The van der Waals surface area contributed by atoms with Crippen LogP contribution in [-0.4, -0.2) is 11.9 Å². The van der Waals surface area contributed by atoms with Gasteiger partial charge in [0.15, 0.2) is 0 Å². The minimum Gasteiger partial charge on any atom is -0.376 e. The van der Waals surface area contributed by atoms with Crippen molar-refractivity contribution in [1.82, 2.24) is 0 Å². The zero-order valence-electron chi connectivity index (χ0n) is 8.06. The van der Waals surface area contributed by atoms with Crippen molar-refractivity contribution in [3.05, 3.63) is 47.4 Å². The van der Waals surface area contributed by atoms with Crippen LogP contribution in [0.3, 0.4) is 0 Å². The van der Waals surface area contributed by atoms with E-state index < -0.39 is 0 Å². The fraction of sp³-hybridized carbons (Fsp3) is 0.333. The highest BCUT2D eigenvalue weighted by Gasteiger charge is 2.10. The normalized spacial score (nSPS) is 20.1. The van der Waals surface area contributed by atoms with Crippen molar-refractivity contribution in [2.75, 3.05) is 6.61 Å². The molecule has 74 valence electrons. The lowest BCUT2D eigenvalue weighted by Crippen LogP contribution is -2.08. The Morgan fingerprint density at radius 1 is 1.29 bits per heavy atom. The van der Waals surface area contributed by atoms with Crippen LogP contribution in [0.5, 0.6) is 0 Å². The summed E-state index contributed by atoms with van der Waals surface area (Å²) in [6.45, 7) is 1.59. The molecule has 2 rings (SSSR count). The molecule has 1 unspecified atom stereocenters. The Hall–Kier alpha value is -0.730. The molecule has 0 saturated heterocycles. The summed E-state index contributed by atoms with van der Waals surface area (Å²) in [5, 5.41) is 2.80. The van der Waals surface area contributed by atoms with Gasteiger partial charge in [-0.15, -0.1) is 11.8 Å². The smallest absolute Gasteiger partial charge is 0.0717 e. The first-order valence-electron chi connectivity index (χ1n) is 4.87. The molecule has 0 bridgehead atoms. The third-order valence-corrected chi connectivity index (χ3v) is 3.24. The molecule has 0 N–H and O–H groups in total. The van der Waals surface area contributed by atoms with Gasteiger partial charge in [-0.3, -0.25) is 0 Å². The summed E-state index contributed by atoms with van der Waals surface area (Å²) >= 11 is 1.87. The first-order chi connectivity index (χ1) is 6.95. The molecule has 14 heavy (non-hydrogen) atoms. The maximum absolute atomic E-state index is 5.64. The van der Waals surface area contributed by atoms with E-state index in [4.69, 9.17) is 4.74 Å². The van der Waals surface area contributed by atoms with Crippen LogP contribution in [0.4, 0.5) is 0 Å². The molecule has 1 aliphatic heterocycles. The standard InChI is InChI=1S/C12H14OS/c1-2-5-11(6-3-1)9-13-10-12-7-4-8-14-12/h1-6,8,12H,7,9-10H2. The fourth-order valence-electron chi connectivity index (χ4n) is 1.42. The van der Waals surface area contributed by atoms with Crippen LogP contribution >= 0.6 is 11.8 Å². The predicted octanol–water partition coefficient (Wildman–Crippen LogP) is 3.22. The maximum atomic E-state index is 5.64. The van der Waals surface area contributed by atoms with Gasteiger partial charge in [-0.2, -0.15) is 0 Å². The summed E-state index contributed by atoms with van der Waals surface area (Å²) in [6, 6.07) is 10.3. The molecule has 0 saturated carbocycles. The second-order valence-corrected chi connectivity index (χ2v) is 4.58. The molecule has 0 spiro atoms. The van der Waals surface area contributed by atoms with Gasteiger partial charge >= 0.3 is 0 Å². The predicted molar refractivity (Wildman–Crippen MR) is 61.2 cm³/mol. The number of benzene rings is 1. The van der Waals surface area contributed by atoms with E-state index in [0.717, 1.165) is 19.6 Å². The molecule has 1 heterocycles. The summed E-state index contributed by atoms with van der Waals surface area (Å²) in [5.74, 6) is 0. The molecular formula is C12H14OS. The van der Waals surface area contributed by atoms with Gasteiger partial charge in [-0.05, 0) is 17.4 Å². The zero-order chi connectivity index (χ0) is 9.64. The Morgan fingerprint density at radius 3 is 2.86 bits per heavy atom. The van der Waals surface area contributed by atoms with Gasteiger partial charge in [0.1, 0.15) is 0 Å². The second-order valence-electron chi connectivity index (χ2n) is 3.37. The van der Waals surface area contributed by atoms with Crippen molar-refractivity contribution in [2.24, 2.45) is 0 Å². The first-order valence-corrected chi connectivity index (χ1v) is 5.81.